The van der Waals surface area contributed by atoms with Gasteiger partial charge in [0, 0.05) is 5.41 Å². The molecule has 0 amide bonds. The van der Waals surface area contributed by atoms with E-state index < -0.39 is 0 Å². The highest BCUT2D eigenvalue weighted by Gasteiger charge is 2.54. The molecule has 0 unspecified atom stereocenters. The number of carbonyl (C=O) groups excluding carboxylic acids is 1. The molecule has 4 fully saturated rings. The average molecular weight is 274 g/mol. The minimum Gasteiger partial charge on any atom is -0.467 e. The Bertz CT molecular complexity index is 453. The predicted molar refractivity (Wildman–Crippen MR) is 74.0 cm³/mol. The maximum absolute atomic E-state index is 12.7. The lowest BCUT2D eigenvalue weighted by Crippen LogP contribution is -2.51. The zero-order valence-electron chi connectivity index (χ0n) is 11.8. The van der Waals surface area contributed by atoms with Gasteiger partial charge in [-0.1, -0.05) is 0 Å². The van der Waals surface area contributed by atoms with E-state index in [2.05, 4.69) is 0 Å². The second-order valence-electron chi connectivity index (χ2n) is 7.19. The molecular weight excluding hydrogens is 252 g/mol. The Labute approximate surface area is 119 Å². The molecular formula is C17H22O3. The van der Waals surface area contributed by atoms with Crippen LogP contribution in [0.25, 0.3) is 0 Å². The second kappa shape index (κ2) is 4.73. The third kappa shape index (κ3) is 2.12. The minimum atomic E-state index is -0.0298. The van der Waals surface area contributed by atoms with Crippen molar-refractivity contribution in [3.63, 3.8) is 0 Å². The topological polar surface area (TPSA) is 39.4 Å². The van der Waals surface area contributed by atoms with Crippen molar-refractivity contribution in [1.29, 1.82) is 0 Å². The van der Waals surface area contributed by atoms with Gasteiger partial charge in [0.05, 0.1) is 6.26 Å². The molecule has 20 heavy (non-hydrogen) atoms. The molecule has 108 valence electrons. The van der Waals surface area contributed by atoms with Crippen molar-refractivity contribution in [3.8, 4) is 0 Å². The number of ketones is 1. The highest BCUT2D eigenvalue weighted by Crippen LogP contribution is 2.60. The molecule has 5 rings (SSSR count). The maximum atomic E-state index is 12.7. The zero-order valence-corrected chi connectivity index (χ0v) is 11.8. The van der Waals surface area contributed by atoms with Crippen LogP contribution in [0.15, 0.2) is 22.8 Å². The molecule has 0 N–H and O–H groups in total. The van der Waals surface area contributed by atoms with Gasteiger partial charge < -0.3 is 9.15 Å². The Morgan fingerprint density at radius 2 is 1.85 bits per heavy atom. The van der Waals surface area contributed by atoms with Crippen LogP contribution in [-0.2, 0) is 16.1 Å². The summed E-state index contributed by atoms with van der Waals surface area (Å²) in [6.07, 6.45) is 9.14. The fourth-order valence-electron chi connectivity index (χ4n) is 5.24. The van der Waals surface area contributed by atoms with E-state index in [9.17, 15) is 4.79 Å². The van der Waals surface area contributed by atoms with E-state index in [0.29, 0.717) is 12.4 Å². The Morgan fingerprint density at radius 3 is 2.40 bits per heavy atom. The second-order valence-corrected chi connectivity index (χ2v) is 7.19. The highest BCUT2D eigenvalue weighted by atomic mass is 16.5. The third-order valence-corrected chi connectivity index (χ3v) is 5.69. The lowest BCUT2D eigenvalue weighted by Gasteiger charge is -2.55. The highest BCUT2D eigenvalue weighted by molar-refractivity contribution is 5.86. The first-order valence-corrected chi connectivity index (χ1v) is 7.87. The van der Waals surface area contributed by atoms with Crippen molar-refractivity contribution in [2.24, 2.45) is 23.2 Å². The summed E-state index contributed by atoms with van der Waals surface area (Å²) in [5.41, 5.74) is -0.0298. The van der Waals surface area contributed by atoms with Crippen LogP contribution < -0.4 is 0 Å². The van der Waals surface area contributed by atoms with Crippen LogP contribution in [-0.4, -0.2) is 12.4 Å². The van der Waals surface area contributed by atoms with Gasteiger partial charge in [-0.05, 0) is 68.4 Å². The van der Waals surface area contributed by atoms with E-state index in [4.69, 9.17) is 9.15 Å². The van der Waals surface area contributed by atoms with Gasteiger partial charge in [-0.25, -0.2) is 0 Å². The molecule has 4 aliphatic rings. The number of hydrogen-bond donors (Lipinski definition) is 0. The van der Waals surface area contributed by atoms with Gasteiger partial charge >= 0.3 is 0 Å². The number of hydrogen-bond acceptors (Lipinski definition) is 3. The largest absolute Gasteiger partial charge is 0.467 e. The van der Waals surface area contributed by atoms with Crippen molar-refractivity contribution >= 4 is 5.78 Å². The summed E-state index contributed by atoms with van der Waals surface area (Å²) in [5, 5.41) is 0. The van der Waals surface area contributed by atoms with Crippen molar-refractivity contribution in [2.75, 3.05) is 6.61 Å². The molecule has 0 aliphatic heterocycles. The molecule has 1 aromatic rings. The van der Waals surface area contributed by atoms with Gasteiger partial charge in [0.2, 0.25) is 0 Å². The van der Waals surface area contributed by atoms with Crippen molar-refractivity contribution < 1.29 is 13.9 Å². The van der Waals surface area contributed by atoms with Gasteiger partial charge in [0.1, 0.15) is 19.0 Å². The molecule has 1 heterocycles. The van der Waals surface area contributed by atoms with E-state index in [0.717, 1.165) is 42.8 Å². The van der Waals surface area contributed by atoms with Crippen LogP contribution >= 0.6 is 0 Å². The fourth-order valence-corrected chi connectivity index (χ4v) is 5.24. The molecule has 3 heteroatoms. The Morgan fingerprint density at radius 1 is 1.20 bits per heavy atom. The molecule has 4 bridgehead atoms. The van der Waals surface area contributed by atoms with E-state index in [1.54, 1.807) is 6.26 Å². The normalized spacial score (nSPS) is 38.3. The SMILES string of the molecule is O=C(COCc1ccco1)C12CC3CC(CC(C3)C1)C2. The average Bonchev–Trinajstić information content (AvgIpc) is 2.90. The van der Waals surface area contributed by atoms with Gasteiger partial charge in [-0.2, -0.15) is 0 Å². The summed E-state index contributed by atoms with van der Waals surface area (Å²) >= 11 is 0. The Hall–Kier alpha value is -1.09. The summed E-state index contributed by atoms with van der Waals surface area (Å²) in [6, 6.07) is 3.73. The molecule has 0 atom stereocenters. The monoisotopic (exact) mass is 274 g/mol. The van der Waals surface area contributed by atoms with Crippen LogP contribution in [0.5, 0.6) is 0 Å². The molecule has 0 radical (unpaired) electrons. The van der Waals surface area contributed by atoms with Crippen molar-refractivity contribution in [2.45, 2.75) is 45.1 Å². The molecule has 3 nitrogen and oxygen atoms in total. The van der Waals surface area contributed by atoms with Gasteiger partial charge in [0.15, 0.2) is 5.78 Å². The van der Waals surface area contributed by atoms with Crippen LogP contribution in [0.2, 0.25) is 0 Å². The number of furan rings is 1. The predicted octanol–water partition coefficient (Wildman–Crippen LogP) is 3.58. The molecule has 4 aliphatic carbocycles. The van der Waals surface area contributed by atoms with Gasteiger partial charge in [0.25, 0.3) is 0 Å². The van der Waals surface area contributed by atoms with Crippen LogP contribution in [0.1, 0.15) is 44.3 Å². The first-order valence-electron chi connectivity index (χ1n) is 7.87. The summed E-state index contributed by atoms with van der Waals surface area (Å²) in [7, 11) is 0. The van der Waals surface area contributed by atoms with E-state index >= 15 is 0 Å². The quantitative estimate of drug-likeness (QED) is 0.824. The lowest BCUT2D eigenvalue weighted by atomic mass is 9.48. The zero-order chi connectivity index (χ0) is 13.6. The number of carbonyl (C=O) groups is 1. The summed E-state index contributed by atoms with van der Waals surface area (Å²) in [4.78, 5) is 12.7. The van der Waals surface area contributed by atoms with Crippen molar-refractivity contribution in [1.82, 2.24) is 0 Å². The molecule has 4 saturated carbocycles. The summed E-state index contributed by atoms with van der Waals surface area (Å²) in [5.74, 6) is 3.59. The van der Waals surface area contributed by atoms with Crippen LogP contribution in [0, 0.1) is 23.2 Å². The number of rotatable bonds is 5. The van der Waals surface area contributed by atoms with Gasteiger partial charge in [-0.15, -0.1) is 0 Å². The molecule has 0 spiro atoms. The van der Waals surface area contributed by atoms with E-state index in [1.165, 1.54) is 19.3 Å². The smallest absolute Gasteiger partial charge is 0.164 e. The number of ether oxygens (including phenoxy) is 1. The molecule has 0 aromatic carbocycles. The lowest BCUT2D eigenvalue weighted by molar-refractivity contribution is -0.149. The molecule has 1 aromatic heterocycles. The van der Waals surface area contributed by atoms with E-state index in [1.807, 2.05) is 12.1 Å². The van der Waals surface area contributed by atoms with Crippen LogP contribution in [0.4, 0.5) is 0 Å². The summed E-state index contributed by atoms with van der Waals surface area (Å²) in [6.45, 7) is 0.665. The third-order valence-electron chi connectivity index (χ3n) is 5.69. The first-order chi connectivity index (χ1) is 9.73. The van der Waals surface area contributed by atoms with Gasteiger partial charge in [-0.3, -0.25) is 4.79 Å². The summed E-state index contributed by atoms with van der Waals surface area (Å²) < 4.78 is 10.8. The van der Waals surface area contributed by atoms with Crippen LogP contribution in [0.3, 0.4) is 0 Å². The van der Waals surface area contributed by atoms with Crippen molar-refractivity contribution in [3.05, 3.63) is 24.2 Å². The Kier molecular flexibility index (Phi) is 2.99. The number of Topliss-reactive ketones (excluding diaryl/α,β-unsaturated/α-hetero) is 1. The Balaban J connectivity index is 1.38. The fraction of sp³-hybridized carbons (Fsp3) is 0.706. The minimum absolute atomic E-state index is 0.0298. The maximum Gasteiger partial charge on any atom is 0.164 e. The molecule has 0 saturated heterocycles. The standard InChI is InChI=1S/C17H22O3/c18-16(11-19-10-15-2-1-3-20-15)17-7-12-4-13(8-17)6-14(5-12)9-17/h1-3,12-14H,4-11H2. The first kappa shape index (κ1) is 12.6. The van der Waals surface area contributed by atoms with E-state index in [-0.39, 0.29) is 12.0 Å².